The van der Waals surface area contributed by atoms with Gasteiger partial charge in [-0.05, 0) is 77.1 Å². The van der Waals surface area contributed by atoms with Crippen LogP contribution in [0, 0.1) is 18.6 Å². The second-order valence-electron chi connectivity index (χ2n) is 12.6. The van der Waals surface area contributed by atoms with Crippen LogP contribution in [-0.2, 0) is 10.2 Å². The molecule has 4 saturated heterocycles. The zero-order chi connectivity index (χ0) is 30.7. The highest BCUT2D eigenvalue weighted by molar-refractivity contribution is 7.87. The van der Waals surface area contributed by atoms with Crippen molar-refractivity contribution in [3.05, 3.63) is 58.9 Å². The Morgan fingerprint density at radius 3 is 2.59 bits per heavy atom. The van der Waals surface area contributed by atoms with Gasteiger partial charge in [-0.2, -0.15) is 23.1 Å². The van der Waals surface area contributed by atoms with E-state index in [4.69, 9.17) is 9.72 Å². The SMILES string of the molecule is C/C=C(/c1ncc2c(N3CCCC4(CNS(=O)(=O)N4)C3)nc(OCC34CCCN3CCC4)nc2c1F)c1c(C)cccc1F. The molecule has 13 heteroatoms. The number of nitrogens with one attached hydrogen (secondary N) is 2. The lowest BCUT2D eigenvalue weighted by molar-refractivity contribution is 0.108. The van der Waals surface area contributed by atoms with Crippen LogP contribution in [0.1, 0.15) is 62.3 Å². The summed E-state index contributed by atoms with van der Waals surface area (Å²) in [7, 11) is -3.59. The molecule has 4 aliphatic rings. The Morgan fingerprint density at radius 2 is 1.89 bits per heavy atom. The lowest BCUT2D eigenvalue weighted by atomic mass is 9.90. The fraction of sp³-hybridized carbons (Fsp3) is 0.516. The van der Waals surface area contributed by atoms with Crippen LogP contribution in [-0.4, -0.2) is 78.7 Å². The van der Waals surface area contributed by atoms with Gasteiger partial charge in [0.1, 0.15) is 29.5 Å². The summed E-state index contributed by atoms with van der Waals surface area (Å²) in [5.74, 6) is -0.720. The number of allylic oxidation sites excluding steroid dienone is 1. The molecule has 10 nitrogen and oxygen atoms in total. The number of hydrogen-bond acceptors (Lipinski definition) is 8. The molecule has 2 N–H and O–H groups in total. The monoisotopic (exact) mass is 625 g/mol. The van der Waals surface area contributed by atoms with Crippen molar-refractivity contribution in [2.75, 3.05) is 44.2 Å². The maximum Gasteiger partial charge on any atom is 0.319 e. The van der Waals surface area contributed by atoms with E-state index in [1.165, 1.54) is 12.3 Å². The van der Waals surface area contributed by atoms with E-state index in [0.717, 1.165) is 38.8 Å². The van der Waals surface area contributed by atoms with Crippen LogP contribution in [0.5, 0.6) is 6.01 Å². The van der Waals surface area contributed by atoms with Crippen molar-refractivity contribution in [3.63, 3.8) is 0 Å². The molecule has 0 radical (unpaired) electrons. The van der Waals surface area contributed by atoms with E-state index in [-0.39, 0.29) is 34.9 Å². The summed E-state index contributed by atoms with van der Waals surface area (Å²) in [5.41, 5.74) is 0.515. The molecule has 234 valence electrons. The number of nitrogens with zero attached hydrogens (tertiary/aromatic N) is 5. The van der Waals surface area contributed by atoms with Crippen molar-refractivity contribution in [1.82, 2.24) is 29.3 Å². The molecule has 6 heterocycles. The molecule has 0 bridgehead atoms. The molecule has 2 aromatic heterocycles. The van der Waals surface area contributed by atoms with Crippen molar-refractivity contribution in [3.8, 4) is 6.01 Å². The quantitative estimate of drug-likeness (QED) is 0.425. The first-order valence-electron chi connectivity index (χ1n) is 15.3. The molecule has 44 heavy (non-hydrogen) atoms. The number of halogens is 2. The smallest absolute Gasteiger partial charge is 0.319 e. The van der Waals surface area contributed by atoms with Gasteiger partial charge in [0.05, 0.1) is 16.5 Å². The average molecular weight is 626 g/mol. The number of piperidine rings is 1. The minimum absolute atomic E-state index is 0.0111. The third-order valence-corrected chi connectivity index (χ3v) is 11.0. The molecule has 1 atom stereocenters. The van der Waals surface area contributed by atoms with E-state index >= 15 is 8.78 Å². The molecule has 7 rings (SSSR count). The second kappa shape index (κ2) is 11.0. The van der Waals surface area contributed by atoms with Crippen molar-refractivity contribution in [2.45, 2.75) is 63.5 Å². The van der Waals surface area contributed by atoms with Gasteiger partial charge in [-0.15, -0.1) is 0 Å². The van der Waals surface area contributed by atoms with Crippen LogP contribution in [0.4, 0.5) is 14.6 Å². The van der Waals surface area contributed by atoms with Gasteiger partial charge in [-0.3, -0.25) is 9.88 Å². The molecule has 1 spiro atoms. The lowest BCUT2D eigenvalue weighted by Gasteiger charge is -2.40. The maximum atomic E-state index is 16.6. The number of aryl methyl sites for hydroxylation is 1. The number of rotatable bonds is 6. The number of hydrogen-bond donors (Lipinski definition) is 2. The van der Waals surface area contributed by atoms with E-state index in [0.29, 0.717) is 54.9 Å². The fourth-order valence-corrected chi connectivity index (χ4v) is 9.03. The minimum atomic E-state index is -3.59. The standard InChI is InChI=1S/C31H37F2N7O3S/c1-3-21(24-20(2)8-4-9-23(24)32)26-25(33)27-22(16-34-26)28(39-13-5-10-30(18-39)17-35-44(41,42)38-30)37-29(36-27)43-19-31-11-6-14-40(31)15-7-12-31/h3-4,8-9,16,35,38H,5-7,10-15,17-19H2,1-2H3/b21-3+. The summed E-state index contributed by atoms with van der Waals surface area (Å²) in [6.45, 7) is 7.16. The van der Waals surface area contributed by atoms with Crippen molar-refractivity contribution >= 4 is 32.5 Å². The van der Waals surface area contributed by atoms with Crippen LogP contribution >= 0.6 is 0 Å². The van der Waals surface area contributed by atoms with Gasteiger partial charge >= 0.3 is 6.01 Å². The van der Waals surface area contributed by atoms with E-state index in [2.05, 4.69) is 24.3 Å². The van der Waals surface area contributed by atoms with Crippen molar-refractivity contribution in [2.24, 2.45) is 0 Å². The van der Waals surface area contributed by atoms with Crippen molar-refractivity contribution in [1.29, 1.82) is 0 Å². The number of ether oxygens (including phenoxy) is 1. The molecular weight excluding hydrogens is 588 g/mol. The molecule has 0 saturated carbocycles. The summed E-state index contributed by atoms with van der Waals surface area (Å²) in [5, 5.41) is 0.381. The van der Waals surface area contributed by atoms with Gasteiger partial charge in [0.2, 0.25) is 0 Å². The molecule has 4 aliphatic heterocycles. The Bertz CT molecular complexity index is 1740. The number of anilines is 1. The molecular formula is C31H37F2N7O3S. The van der Waals surface area contributed by atoms with Crippen LogP contribution < -0.4 is 19.1 Å². The van der Waals surface area contributed by atoms with Gasteiger partial charge < -0.3 is 9.64 Å². The van der Waals surface area contributed by atoms with Gasteiger partial charge in [0.15, 0.2) is 5.82 Å². The molecule has 0 aliphatic carbocycles. The average Bonchev–Trinajstić information content (AvgIpc) is 3.66. The summed E-state index contributed by atoms with van der Waals surface area (Å²) in [6, 6.07) is 4.81. The Balaban J connectivity index is 1.32. The van der Waals surface area contributed by atoms with Crippen molar-refractivity contribution < 1.29 is 21.9 Å². The highest BCUT2D eigenvalue weighted by atomic mass is 32.2. The minimum Gasteiger partial charge on any atom is -0.461 e. The first-order valence-corrected chi connectivity index (χ1v) is 16.8. The Labute approximate surface area is 256 Å². The lowest BCUT2D eigenvalue weighted by Crippen LogP contribution is -2.56. The predicted octanol–water partition coefficient (Wildman–Crippen LogP) is 3.85. The number of pyridine rings is 1. The molecule has 4 fully saturated rings. The van der Waals surface area contributed by atoms with Gasteiger partial charge in [-0.25, -0.2) is 13.5 Å². The van der Waals surface area contributed by atoms with Gasteiger partial charge in [0, 0.05) is 37.0 Å². The van der Waals surface area contributed by atoms with E-state index < -0.39 is 27.4 Å². The first kappa shape index (κ1) is 29.5. The topological polar surface area (TPSA) is 113 Å². The third-order valence-electron chi connectivity index (χ3n) is 9.79. The summed E-state index contributed by atoms with van der Waals surface area (Å²) < 4.78 is 67.9. The molecule has 1 aromatic carbocycles. The van der Waals surface area contributed by atoms with E-state index in [1.54, 1.807) is 32.1 Å². The Kier molecular flexibility index (Phi) is 7.34. The predicted molar refractivity (Wildman–Crippen MR) is 164 cm³/mol. The second-order valence-corrected chi connectivity index (χ2v) is 14.1. The normalized spacial score (nSPS) is 24.8. The highest BCUT2D eigenvalue weighted by Gasteiger charge is 2.46. The zero-order valence-corrected chi connectivity index (χ0v) is 25.8. The summed E-state index contributed by atoms with van der Waals surface area (Å²) in [6.07, 6.45) is 8.82. The number of fused-ring (bicyclic) bond motifs is 2. The highest BCUT2D eigenvalue weighted by Crippen LogP contribution is 2.40. The summed E-state index contributed by atoms with van der Waals surface area (Å²) >= 11 is 0. The zero-order valence-electron chi connectivity index (χ0n) is 25.0. The fourth-order valence-electron chi connectivity index (χ4n) is 7.68. The molecule has 0 amide bonds. The third kappa shape index (κ3) is 5.03. The van der Waals surface area contributed by atoms with E-state index in [1.807, 2.05) is 4.90 Å². The largest absolute Gasteiger partial charge is 0.461 e. The van der Waals surface area contributed by atoms with Gasteiger partial charge in [0.25, 0.3) is 10.2 Å². The Morgan fingerprint density at radius 1 is 1.11 bits per heavy atom. The number of aromatic nitrogens is 3. The van der Waals surface area contributed by atoms with Crippen LogP contribution in [0.15, 0.2) is 30.5 Å². The maximum absolute atomic E-state index is 16.6. The number of benzene rings is 1. The van der Waals surface area contributed by atoms with Gasteiger partial charge in [-0.1, -0.05) is 18.2 Å². The van der Waals surface area contributed by atoms with Crippen LogP contribution in [0.25, 0.3) is 16.5 Å². The summed E-state index contributed by atoms with van der Waals surface area (Å²) in [4.78, 5) is 18.3. The first-order chi connectivity index (χ1) is 21.1. The van der Waals surface area contributed by atoms with E-state index in [9.17, 15) is 8.42 Å². The Hall–Kier alpha value is -3.26. The van der Waals surface area contributed by atoms with Crippen LogP contribution in [0.3, 0.4) is 0 Å². The molecule has 1 unspecified atom stereocenters. The van der Waals surface area contributed by atoms with Crippen LogP contribution in [0.2, 0.25) is 0 Å². The molecule has 3 aromatic rings.